The Kier molecular flexibility index (Phi) is 4.31. The second-order valence-corrected chi connectivity index (χ2v) is 6.65. The van der Waals surface area contributed by atoms with Crippen LogP contribution in [0.4, 0.5) is 10.1 Å². The molecular weight excluding hydrogens is 357 g/mol. The van der Waals surface area contributed by atoms with Crippen molar-refractivity contribution in [2.45, 2.75) is 13.5 Å². The van der Waals surface area contributed by atoms with Gasteiger partial charge in [-0.2, -0.15) is 0 Å². The molecule has 5 nitrogen and oxygen atoms in total. The number of carbonyl (C=O) groups is 2. The zero-order valence-corrected chi connectivity index (χ0v) is 15.2. The van der Waals surface area contributed by atoms with Gasteiger partial charge in [-0.25, -0.2) is 4.39 Å². The minimum absolute atomic E-state index is 0.170. The molecule has 0 spiro atoms. The first kappa shape index (κ1) is 17.7. The highest BCUT2D eigenvalue weighted by Gasteiger charge is 2.17. The summed E-state index contributed by atoms with van der Waals surface area (Å²) in [6, 6.07) is 17.2. The molecule has 0 radical (unpaired) electrons. The van der Waals surface area contributed by atoms with Gasteiger partial charge in [-0.05, 0) is 42.0 Å². The number of aromatic nitrogens is 1. The minimum atomic E-state index is -0.535. The normalized spacial score (nSPS) is 11.1. The fourth-order valence-corrected chi connectivity index (χ4v) is 3.63. The number of primary amides is 1. The SMILES string of the molecule is CC(=O)Nc1ccccc1Cn1c2cc(F)ccc2c2c(C(N)=O)cccc21. The van der Waals surface area contributed by atoms with Crippen molar-refractivity contribution in [3.8, 4) is 0 Å². The predicted octanol–water partition coefficient (Wildman–Crippen LogP) is 4.04. The highest BCUT2D eigenvalue weighted by Crippen LogP contribution is 2.33. The molecule has 0 bridgehead atoms. The molecule has 0 saturated carbocycles. The quantitative estimate of drug-likeness (QED) is 0.565. The van der Waals surface area contributed by atoms with Crippen LogP contribution in [-0.2, 0) is 11.3 Å². The van der Waals surface area contributed by atoms with E-state index in [1.807, 2.05) is 34.9 Å². The van der Waals surface area contributed by atoms with Crippen LogP contribution in [0.1, 0.15) is 22.8 Å². The molecule has 4 rings (SSSR count). The number of nitrogens with one attached hydrogen (secondary N) is 1. The van der Waals surface area contributed by atoms with Crippen molar-refractivity contribution in [3.63, 3.8) is 0 Å². The van der Waals surface area contributed by atoms with Gasteiger partial charge in [-0.15, -0.1) is 0 Å². The summed E-state index contributed by atoms with van der Waals surface area (Å²) in [6.45, 7) is 1.84. The van der Waals surface area contributed by atoms with Crippen molar-refractivity contribution in [1.29, 1.82) is 0 Å². The molecule has 3 aromatic carbocycles. The lowest BCUT2D eigenvalue weighted by atomic mass is 10.1. The zero-order valence-electron chi connectivity index (χ0n) is 15.2. The number of hydrogen-bond donors (Lipinski definition) is 2. The molecule has 6 heteroatoms. The molecule has 0 fully saturated rings. The van der Waals surface area contributed by atoms with Gasteiger partial charge in [-0.1, -0.05) is 24.3 Å². The molecule has 0 saturated heterocycles. The Morgan fingerprint density at radius 1 is 1.04 bits per heavy atom. The van der Waals surface area contributed by atoms with Gasteiger partial charge < -0.3 is 15.6 Å². The van der Waals surface area contributed by atoms with E-state index in [9.17, 15) is 14.0 Å². The maximum Gasteiger partial charge on any atom is 0.249 e. The molecule has 0 atom stereocenters. The lowest BCUT2D eigenvalue weighted by molar-refractivity contribution is -0.114. The number of nitrogens with two attached hydrogens (primary N) is 1. The summed E-state index contributed by atoms with van der Waals surface area (Å²) < 4.78 is 16.0. The van der Waals surface area contributed by atoms with E-state index in [0.29, 0.717) is 28.7 Å². The van der Waals surface area contributed by atoms with Crippen LogP contribution >= 0.6 is 0 Å². The molecular formula is C22H18FN3O2. The topological polar surface area (TPSA) is 77.1 Å². The summed E-state index contributed by atoms with van der Waals surface area (Å²) in [6.07, 6.45) is 0. The van der Waals surface area contributed by atoms with Gasteiger partial charge in [0.1, 0.15) is 5.82 Å². The molecule has 140 valence electrons. The predicted molar refractivity (Wildman–Crippen MR) is 108 cm³/mol. The van der Waals surface area contributed by atoms with Crippen molar-refractivity contribution in [3.05, 3.63) is 77.6 Å². The van der Waals surface area contributed by atoms with Gasteiger partial charge in [0.05, 0.1) is 17.6 Å². The smallest absolute Gasteiger partial charge is 0.249 e. The van der Waals surface area contributed by atoms with Crippen molar-refractivity contribution in [2.24, 2.45) is 5.73 Å². The number of amides is 2. The van der Waals surface area contributed by atoms with E-state index >= 15 is 0 Å². The summed E-state index contributed by atoms with van der Waals surface area (Å²) in [4.78, 5) is 23.5. The first-order valence-electron chi connectivity index (χ1n) is 8.81. The number of nitrogens with zero attached hydrogens (tertiary/aromatic N) is 1. The largest absolute Gasteiger partial charge is 0.366 e. The molecule has 1 aromatic heterocycles. The minimum Gasteiger partial charge on any atom is -0.366 e. The van der Waals surface area contributed by atoms with Crippen molar-refractivity contribution >= 4 is 39.3 Å². The Morgan fingerprint density at radius 3 is 2.57 bits per heavy atom. The number of para-hydroxylation sites is 1. The molecule has 1 heterocycles. The number of hydrogen-bond acceptors (Lipinski definition) is 2. The second kappa shape index (κ2) is 6.81. The first-order chi connectivity index (χ1) is 13.5. The third-order valence-corrected chi connectivity index (χ3v) is 4.78. The maximum absolute atomic E-state index is 14.0. The zero-order chi connectivity index (χ0) is 19.8. The third kappa shape index (κ3) is 2.99. The molecule has 0 aliphatic heterocycles. The van der Waals surface area contributed by atoms with Gasteiger partial charge in [0.2, 0.25) is 11.8 Å². The lowest BCUT2D eigenvalue weighted by Gasteiger charge is -2.13. The molecule has 0 unspecified atom stereocenters. The monoisotopic (exact) mass is 375 g/mol. The Morgan fingerprint density at radius 2 is 1.82 bits per heavy atom. The molecule has 3 N–H and O–H groups in total. The number of anilines is 1. The summed E-state index contributed by atoms with van der Waals surface area (Å²) in [5, 5.41) is 4.27. The van der Waals surface area contributed by atoms with Crippen LogP contribution in [0.3, 0.4) is 0 Å². The average molecular weight is 375 g/mol. The summed E-state index contributed by atoms with van der Waals surface area (Å²) in [5.74, 6) is -1.07. The van der Waals surface area contributed by atoms with Crippen molar-refractivity contribution in [1.82, 2.24) is 4.57 Å². The Bertz CT molecular complexity index is 1240. The standard InChI is InChI=1S/C22H18FN3O2/c1-13(27)25-18-7-3-2-5-14(18)12-26-19-8-4-6-17(22(24)28)21(19)16-10-9-15(23)11-20(16)26/h2-11H,12H2,1H3,(H2,24,28)(H,25,27). The average Bonchev–Trinajstić information content (AvgIpc) is 2.96. The summed E-state index contributed by atoms with van der Waals surface area (Å²) >= 11 is 0. The molecule has 28 heavy (non-hydrogen) atoms. The van der Waals surface area contributed by atoms with E-state index in [4.69, 9.17) is 5.73 Å². The highest BCUT2D eigenvalue weighted by atomic mass is 19.1. The van der Waals surface area contributed by atoms with Crippen LogP contribution in [0, 0.1) is 5.82 Å². The number of fused-ring (bicyclic) bond motifs is 3. The van der Waals surface area contributed by atoms with E-state index < -0.39 is 5.91 Å². The Labute approximate surface area is 160 Å². The molecule has 0 aliphatic carbocycles. The van der Waals surface area contributed by atoms with Gasteiger partial charge in [0.25, 0.3) is 0 Å². The second-order valence-electron chi connectivity index (χ2n) is 6.65. The molecule has 4 aromatic rings. The van der Waals surface area contributed by atoms with Crippen molar-refractivity contribution in [2.75, 3.05) is 5.32 Å². The lowest BCUT2D eigenvalue weighted by Crippen LogP contribution is -2.11. The van der Waals surface area contributed by atoms with E-state index in [1.54, 1.807) is 18.2 Å². The van der Waals surface area contributed by atoms with E-state index in [2.05, 4.69) is 5.32 Å². The van der Waals surface area contributed by atoms with Gasteiger partial charge in [0.15, 0.2) is 0 Å². The fraction of sp³-hybridized carbons (Fsp3) is 0.0909. The van der Waals surface area contributed by atoms with Gasteiger partial charge in [-0.3, -0.25) is 9.59 Å². The van der Waals surface area contributed by atoms with Crippen molar-refractivity contribution < 1.29 is 14.0 Å². The highest BCUT2D eigenvalue weighted by molar-refractivity contribution is 6.17. The summed E-state index contributed by atoms with van der Waals surface area (Å²) in [5.41, 5.74) is 8.94. The van der Waals surface area contributed by atoms with Gasteiger partial charge >= 0.3 is 0 Å². The molecule has 0 aliphatic rings. The van der Waals surface area contributed by atoms with E-state index in [1.165, 1.54) is 19.1 Å². The maximum atomic E-state index is 14.0. The summed E-state index contributed by atoms with van der Waals surface area (Å²) in [7, 11) is 0. The number of benzene rings is 3. The molecule has 2 amide bonds. The van der Waals surface area contributed by atoms with Crippen LogP contribution in [0.2, 0.25) is 0 Å². The van der Waals surface area contributed by atoms with E-state index in [-0.39, 0.29) is 11.7 Å². The van der Waals surface area contributed by atoms with Crippen LogP contribution in [0.5, 0.6) is 0 Å². The third-order valence-electron chi connectivity index (χ3n) is 4.78. The van der Waals surface area contributed by atoms with Crippen LogP contribution in [0.25, 0.3) is 21.8 Å². The number of halogens is 1. The first-order valence-corrected chi connectivity index (χ1v) is 8.81. The van der Waals surface area contributed by atoms with Gasteiger partial charge in [0, 0.05) is 28.9 Å². The van der Waals surface area contributed by atoms with Crippen LogP contribution < -0.4 is 11.1 Å². The number of carbonyl (C=O) groups excluding carboxylic acids is 2. The Balaban J connectivity index is 1.99. The number of rotatable bonds is 4. The fourth-order valence-electron chi connectivity index (χ4n) is 3.63. The van der Waals surface area contributed by atoms with E-state index in [0.717, 1.165) is 16.5 Å². The van der Waals surface area contributed by atoms with Crippen LogP contribution in [0.15, 0.2) is 60.7 Å². The Hall–Kier alpha value is -3.67. The van der Waals surface area contributed by atoms with Crippen LogP contribution in [-0.4, -0.2) is 16.4 Å².